The Hall–Kier alpha value is -1.84. The van der Waals surface area contributed by atoms with Crippen molar-refractivity contribution in [2.24, 2.45) is 0 Å². The topological polar surface area (TPSA) is 38.3 Å². The lowest BCUT2D eigenvalue weighted by molar-refractivity contribution is -0.114. The molecule has 0 unspecified atom stereocenters. The Morgan fingerprint density at radius 2 is 2.07 bits per heavy atom. The largest absolute Gasteiger partial charge is 0.494 e. The second-order valence-electron chi connectivity index (χ2n) is 2.82. The van der Waals surface area contributed by atoms with Gasteiger partial charge in [-0.2, -0.15) is 0 Å². The van der Waals surface area contributed by atoms with E-state index in [-0.39, 0.29) is 0 Å². The smallest absolute Gasteiger partial charge is 0.283 e. The summed E-state index contributed by atoms with van der Waals surface area (Å²) in [5.74, 6) is -1.14. The van der Waals surface area contributed by atoms with Crippen molar-refractivity contribution < 1.29 is 13.9 Å². The van der Waals surface area contributed by atoms with Crippen molar-refractivity contribution in [2.75, 3.05) is 11.9 Å². The fourth-order valence-corrected chi connectivity index (χ4v) is 1.00. The molecule has 1 rings (SSSR count). The minimum Gasteiger partial charge on any atom is -0.494 e. The van der Waals surface area contributed by atoms with Crippen LogP contribution in [0.3, 0.4) is 0 Å². The Labute approximate surface area is 87.6 Å². The highest BCUT2D eigenvalue weighted by Crippen LogP contribution is 2.16. The van der Waals surface area contributed by atoms with Crippen molar-refractivity contribution in [1.29, 1.82) is 0 Å². The molecule has 4 heteroatoms. The number of amides is 1. The highest BCUT2D eigenvalue weighted by atomic mass is 19.1. The van der Waals surface area contributed by atoms with E-state index in [1.165, 1.54) is 0 Å². The fourth-order valence-electron chi connectivity index (χ4n) is 1.00. The van der Waals surface area contributed by atoms with E-state index < -0.39 is 11.7 Å². The van der Waals surface area contributed by atoms with E-state index in [4.69, 9.17) is 4.74 Å². The summed E-state index contributed by atoms with van der Waals surface area (Å²) >= 11 is 0. The molecule has 0 aliphatic heterocycles. The summed E-state index contributed by atoms with van der Waals surface area (Å²) in [4.78, 5) is 10.9. The van der Waals surface area contributed by atoms with Gasteiger partial charge in [0, 0.05) is 5.69 Å². The van der Waals surface area contributed by atoms with Crippen LogP contribution in [0, 0.1) is 0 Å². The second-order valence-corrected chi connectivity index (χ2v) is 2.82. The summed E-state index contributed by atoms with van der Waals surface area (Å²) in [5.41, 5.74) is 0.502. The zero-order chi connectivity index (χ0) is 11.3. The van der Waals surface area contributed by atoms with Gasteiger partial charge in [0.25, 0.3) is 5.91 Å². The maximum Gasteiger partial charge on any atom is 0.283 e. The predicted molar refractivity (Wildman–Crippen MR) is 56.5 cm³/mol. The van der Waals surface area contributed by atoms with E-state index in [0.717, 1.165) is 0 Å². The molecule has 0 saturated heterocycles. The maximum absolute atomic E-state index is 12.3. The first-order valence-electron chi connectivity index (χ1n) is 4.52. The van der Waals surface area contributed by atoms with Gasteiger partial charge in [0.1, 0.15) is 5.75 Å². The molecule has 1 N–H and O–H groups in total. The molecule has 0 aromatic heterocycles. The third-order valence-corrected chi connectivity index (χ3v) is 1.67. The van der Waals surface area contributed by atoms with Crippen LogP contribution in [0.4, 0.5) is 10.1 Å². The van der Waals surface area contributed by atoms with E-state index in [1.807, 2.05) is 6.92 Å². The standard InChI is InChI=1S/C11H12FNO2/c1-3-15-10-6-4-9(5-7-10)13-11(14)8(2)12/h4-7H,2-3H2,1H3,(H,13,14). The molecule has 0 aliphatic rings. The van der Waals surface area contributed by atoms with Gasteiger partial charge in [-0.15, -0.1) is 0 Å². The van der Waals surface area contributed by atoms with Gasteiger partial charge >= 0.3 is 0 Å². The van der Waals surface area contributed by atoms with Gasteiger partial charge in [0.2, 0.25) is 0 Å². The number of nitrogens with one attached hydrogen (secondary N) is 1. The number of ether oxygens (including phenoxy) is 1. The molecule has 0 saturated carbocycles. The Morgan fingerprint density at radius 1 is 1.47 bits per heavy atom. The first kappa shape index (κ1) is 11.2. The van der Waals surface area contributed by atoms with Crippen LogP contribution in [0.25, 0.3) is 0 Å². The van der Waals surface area contributed by atoms with Crippen molar-refractivity contribution >= 4 is 11.6 Å². The number of anilines is 1. The van der Waals surface area contributed by atoms with Crippen molar-refractivity contribution in [3.8, 4) is 5.75 Å². The summed E-state index contributed by atoms with van der Waals surface area (Å²) in [5, 5.41) is 2.34. The van der Waals surface area contributed by atoms with Gasteiger partial charge in [-0.3, -0.25) is 4.79 Å². The van der Waals surface area contributed by atoms with Gasteiger partial charge in [-0.05, 0) is 31.2 Å². The number of benzene rings is 1. The van der Waals surface area contributed by atoms with Crippen LogP contribution < -0.4 is 10.1 Å². The average Bonchev–Trinajstić information content (AvgIpc) is 2.21. The molecular formula is C11H12FNO2. The SMILES string of the molecule is C=C(F)C(=O)Nc1ccc(OCC)cc1. The minimum absolute atomic E-state index is 0.502. The Kier molecular flexibility index (Phi) is 3.85. The van der Waals surface area contributed by atoms with Crippen LogP contribution in [-0.4, -0.2) is 12.5 Å². The van der Waals surface area contributed by atoms with Gasteiger partial charge in [0.15, 0.2) is 5.83 Å². The van der Waals surface area contributed by atoms with E-state index in [0.29, 0.717) is 18.0 Å². The summed E-state index contributed by atoms with van der Waals surface area (Å²) in [6, 6.07) is 6.65. The first-order valence-corrected chi connectivity index (χ1v) is 4.52. The molecule has 1 aromatic carbocycles. The van der Waals surface area contributed by atoms with E-state index in [2.05, 4.69) is 11.9 Å². The number of halogens is 1. The summed E-state index contributed by atoms with van der Waals surface area (Å²) < 4.78 is 17.6. The number of carbonyl (C=O) groups excluding carboxylic acids is 1. The average molecular weight is 209 g/mol. The molecule has 1 aromatic rings. The molecule has 0 atom stereocenters. The first-order chi connectivity index (χ1) is 7.13. The Bertz CT molecular complexity index is 359. The van der Waals surface area contributed by atoms with Crippen molar-refractivity contribution in [2.45, 2.75) is 6.92 Å². The van der Waals surface area contributed by atoms with Crippen LogP contribution in [0.2, 0.25) is 0 Å². The maximum atomic E-state index is 12.3. The number of hydrogen-bond donors (Lipinski definition) is 1. The monoisotopic (exact) mass is 209 g/mol. The van der Waals surface area contributed by atoms with Gasteiger partial charge in [-0.1, -0.05) is 6.58 Å². The van der Waals surface area contributed by atoms with E-state index in [1.54, 1.807) is 24.3 Å². The highest BCUT2D eigenvalue weighted by Gasteiger charge is 2.05. The minimum atomic E-state index is -1.01. The summed E-state index contributed by atoms with van der Waals surface area (Å²) in [7, 11) is 0. The molecule has 0 bridgehead atoms. The molecule has 0 heterocycles. The van der Waals surface area contributed by atoms with Crippen molar-refractivity contribution in [1.82, 2.24) is 0 Å². The van der Waals surface area contributed by atoms with Crippen LogP contribution in [0.1, 0.15) is 6.92 Å². The molecule has 15 heavy (non-hydrogen) atoms. The Balaban J connectivity index is 2.64. The number of carbonyl (C=O) groups is 1. The van der Waals surface area contributed by atoms with Crippen molar-refractivity contribution in [3.05, 3.63) is 36.7 Å². The molecule has 1 amide bonds. The van der Waals surface area contributed by atoms with Crippen LogP contribution in [0.5, 0.6) is 5.75 Å². The Morgan fingerprint density at radius 3 is 2.53 bits per heavy atom. The van der Waals surface area contributed by atoms with Crippen molar-refractivity contribution in [3.63, 3.8) is 0 Å². The molecule has 0 radical (unpaired) electrons. The van der Waals surface area contributed by atoms with Gasteiger partial charge in [-0.25, -0.2) is 4.39 Å². The quantitative estimate of drug-likeness (QED) is 0.774. The molecule has 80 valence electrons. The predicted octanol–water partition coefficient (Wildman–Crippen LogP) is 2.51. The molecule has 0 fully saturated rings. The summed E-state index contributed by atoms with van der Waals surface area (Å²) in [6.07, 6.45) is 0. The van der Waals surface area contributed by atoms with Crippen LogP contribution in [0.15, 0.2) is 36.7 Å². The normalized spacial score (nSPS) is 9.47. The van der Waals surface area contributed by atoms with E-state index >= 15 is 0 Å². The third-order valence-electron chi connectivity index (χ3n) is 1.67. The highest BCUT2D eigenvalue weighted by molar-refractivity contribution is 6.01. The lowest BCUT2D eigenvalue weighted by Gasteiger charge is -2.05. The van der Waals surface area contributed by atoms with Gasteiger partial charge < -0.3 is 10.1 Å². The van der Waals surface area contributed by atoms with Crippen LogP contribution in [-0.2, 0) is 4.79 Å². The van der Waals surface area contributed by atoms with Crippen LogP contribution >= 0.6 is 0 Å². The molecular weight excluding hydrogens is 197 g/mol. The molecule has 0 aliphatic carbocycles. The molecule has 3 nitrogen and oxygen atoms in total. The second kappa shape index (κ2) is 5.14. The summed E-state index contributed by atoms with van der Waals surface area (Å²) in [6.45, 7) is 5.35. The fraction of sp³-hybridized carbons (Fsp3) is 0.182. The lowest BCUT2D eigenvalue weighted by Crippen LogP contribution is -2.10. The third kappa shape index (κ3) is 3.42. The lowest BCUT2D eigenvalue weighted by atomic mass is 10.3. The zero-order valence-corrected chi connectivity index (χ0v) is 8.42. The van der Waals surface area contributed by atoms with E-state index in [9.17, 15) is 9.18 Å². The molecule has 0 spiro atoms. The number of hydrogen-bond acceptors (Lipinski definition) is 2. The zero-order valence-electron chi connectivity index (χ0n) is 8.42. The van der Waals surface area contributed by atoms with Gasteiger partial charge in [0.05, 0.1) is 6.61 Å². The number of rotatable bonds is 4.